The maximum Gasteiger partial charge on any atom is 0.315 e. The highest BCUT2D eigenvalue weighted by Gasteiger charge is 2.29. The zero-order valence-electron chi connectivity index (χ0n) is 13.0. The van der Waals surface area contributed by atoms with Gasteiger partial charge in [0.1, 0.15) is 5.82 Å². The first-order chi connectivity index (χ1) is 9.98. The lowest BCUT2D eigenvalue weighted by molar-refractivity contribution is 0.239. The van der Waals surface area contributed by atoms with Crippen LogP contribution in [-0.4, -0.2) is 42.2 Å². The van der Waals surface area contributed by atoms with Crippen LogP contribution in [0.4, 0.5) is 10.6 Å². The molecular weight excluding hydrogens is 284 g/mol. The van der Waals surface area contributed by atoms with Crippen molar-refractivity contribution in [2.45, 2.75) is 31.1 Å². The van der Waals surface area contributed by atoms with E-state index in [1.54, 1.807) is 6.20 Å². The van der Waals surface area contributed by atoms with Gasteiger partial charge in [-0.1, -0.05) is 0 Å². The zero-order valence-corrected chi connectivity index (χ0v) is 13.8. The van der Waals surface area contributed by atoms with Crippen molar-refractivity contribution in [3.63, 3.8) is 0 Å². The predicted molar refractivity (Wildman–Crippen MR) is 88.9 cm³/mol. The van der Waals surface area contributed by atoms with E-state index in [0.717, 1.165) is 17.9 Å². The summed E-state index contributed by atoms with van der Waals surface area (Å²) >= 11 is 1.95. The molecule has 2 heterocycles. The number of carbonyl (C=O) groups is 1. The number of rotatable bonds is 5. The number of carbonyl (C=O) groups excluding carboxylic acids is 1. The third kappa shape index (κ3) is 4.81. The van der Waals surface area contributed by atoms with Crippen LogP contribution < -0.4 is 15.5 Å². The standard InChI is InChI=1S/C15H24N4OS/c1-15(6-4-8-21-15)11-18-14(20)17-10-12-5-7-16-13(9-12)19(2)3/h5,7,9H,4,6,8,10-11H2,1-3H3,(H2,17,18,20)/t15-/m0/s1. The molecule has 0 unspecified atom stereocenters. The Labute approximate surface area is 130 Å². The van der Waals surface area contributed by atoms with E-state index < -0.39 is 0 Å². The minimum Gasteiger partial charge on any atom is -0.363 e. The lowest BCUT2D eigenvalue weighted by Crippen LogP contribution is -2.42. The Morgan fingerprint density at radius 1 is 1.48 bits per heavy atom. The number of anilines is 1. The van der Waals surface area contributed by atoms with Crippen molar-refractivity contribution in [2.75, 3.05) is 31.3 Å². The first-order valence-corrected chi connectivity index (χ1v) is 8.25. The third-order valence-electron chi connectivity index (χ3n) is 3.64. The number of aromatic nitrogens is 1. The van der Waals surface area contributed by atoms with Crippen molar-refractivity contribution in [3.8, 4) is 0 Å². The summed E-state index contributed by atoms with van der Waals surface area (Å²) in [5, 5.41) is 5.88. The number of amides is 2. The Morgan fingerprint density at radius 2 is 2.29 bits per heavy atom. The molecular formula is C15H24N4OS. The molecule has 0 bridgehead atoms. The molecule has 2 N–H and O–H groups in total. The van der Waals surface area contributed by atoms with Gasteiger partial charge in [-0.3, -0.25) is 0 Å². The Morgan fingerprint density at radius 3 is 2.95 bits per heavy atom. The maximum atomic E-state index is 11.9. The molecule has 1 fully saturated rings. The minimum absolute atomic E-state index is 0.105. The molecule has 6 heteroatoms. The molecule has 0 aromatic carbocycles. The maximum absolute atomic E-state index is 11.9. The summed E-state index contributed by atoms with van der Waals surface area (Å²) in [6.07, 6.45) is 4.18. The molecule has 2 rings (SSSR count). The van der Waals surface area contributed by atoms with Gasteiger partial charge in [0, 0.05) is 38.1 Å². The van der Waals surface area contributed by atoms with Gasteiger partial charge < -0.3 is 15.5 Å². The highest BCUT2D eigenvalue weighted by atomic mass is 32.2. The summed E-state index contributed by atoms with van der Waals surface area (Å²) in [7, 11) is 3.90. The van der Waals surface area contributed by atoms with E-state index in [-0.39, 0.29) is 10.8 Å². The largest absolute Gasteiger partial charge is 0.363 e. The van der Waals surface area contributed by atoms with Crippen LogP contribution >= 0.6 is 11.8 Å². The monoisotopic (exact) mass is 308 g/mol. The fraction of sp³-hybridized carbons (Fsp3) is 0.600. The fourth-order valence-electron chi connectivity index (χ4n) is 2.30. The summed E-state index contributed by atoms with van der Waals surface area (Å²) in [6.45, 7) is 3.46. The first kappa shape index (κ1) is 15.9. The Bertz CT molecular complexity index is 486. The molecule has 1 aromatic heterocycles. The Kier molecular flexibility index (Phi) is 5.33. The van der Waals surface area contributed by atoms with E-state index in [1.807, 2.05) is 42.9 Å². The number of pyridine rings is 1. The fourth-order valence-corrected chi connectivity index (χ4v) is 3.55. The van der Waals surface area contributed by atoms with Crippen LogP contribution in [0.3, 0.4) is 0 Å². The average molecular weight is 308 g/mol. The molecule has 1 atom stereocenters. The molecule has 0 aliphatic carbocycles. The molecule has 1 aliphatic heterocycles. The van der Waals surface area contributed by atoms with Gasteiger partial charge in [-0.2, -0.15) is 11.8 Å². The van der Waals surface area contributed by atoms with Crippen molar-refractivity contribution in [1.29, 1.82) is 0 Å². The van der Waals surface area contributed by atoms with Crippen molar-refractivity contribution in [3.05, 3.63) is 23.9 Å². The second-order valence-electron chi connectivity index (χ2n) is 5.85. The summed E-state index contributed by atoms with van der Waals surface area (Å²) in [5.74, 6) is 2.09. The SMILES string of the molecule is CN(C)c1cc(CNC(=O)NC[C@]2(C)CCCS2)ccn1. The van der Waals surface area contributed by atoms with Crippen LogP contribution in [0.2, 0.25) is 0 Å². The van der Waals surface area contributed by atoms with Gasteiger partial charge in [0.2, 0.25) is 0 Å². The predicted octanol–water partition coefficient (Wildman–Crippen LogP) is 2.23. The van der Waals surface area contributed by atoms with Gasteiger partial charge in [0.15, 0.2) is 0 Å². The van der Waals surface area contributed by atoms with Crippen LogP contribution in [0.15, 0.2) is 18.3 Å². The summed E-state index contributed by atoms with van der Waals surface area (Å²) < 4.78 is 0.200. The smallest absolute Gasteiger partial charge is 0.315 e. The number of hydrogen-bond donors (Lipinski definition) is 2. The highest BCUT2D eigenvalue weighted by molar-refractivity contribution is 8.00. The average Bonchev–Trinajstić information content (AvgIpc) is 2.90. The van der Waals surface area contributed by atoms with E-state index in [2.05, 4.69) is 22.5 Å². The van der Waals surface area contributed by atoms with E-state index in [9.17, 15) is 4.79 Å². The first-order valence-electron chi connectivity index (χ1n) is 7.26. The second-order valence-corrected chi connectivity index (χ2v) is 7.54. The molecule has 1 saturated heterocycles. The molecule has 1 aliphatic rings. The molecule has 1 aromatic rings. The van der Waals surface area contributed by atoms with Crippen LogP contribution in [0.25, 0.3) is 0 Å². The van der Waals surface area contributed by atoms with E-state index in [4.69, 9.17) is 0 Å². The molecule has 2 amide bonds. The number of nitrogens with one attached hydrogen (secondary N) is 2. The van der Waals surface area contributed by atoms with E-state index in [1.165, 1.54) is 18.6 Å². The highest BCUT2D eigenvalue weighted by Crippen LogP contribution is 2.36. The molecule has 0 saturated carbocycles. The Hall–Kier alpha value is -1.43. The van der Waals surface area contributed by atoms with Gasteiger partial charge in [0.25, 0.3) is 0 Å². The van der Waals surface area contributed by atoms with Gasteiger partial charge in [-0.25, -0.2) is 9.78 Å². The second kappa shape index (κ2) is 7.02. The minimum atomic E-state index is -0.105. The lowest BCUT2D eigenvalue weighted by Gasteiger charge is -2.23. The molecule has 5 nitrogen and oxygen atoms in total. The van der Waals surface area contributed by atoms with Crippen LogP contribution in [0.1, 0.15) is 25.3 Å². The summed E-state index contributed by atoms with van der Waals surface area (Å²) in [6, 6.07) is 3.79. The van der Waals surface area contributed by atoms with Gasteiger partial charge >= 0.3 is 6.03 Å². The van der Waals surface area contributed by atoms with Crippen LogP contribution in [-0.2, 0) is 6.54 Å². The third-order valence-corrected chi connectivity index (χ3v) is 5.18. The van der Waals surface area contributed by atoms with E-state index >= 15 is 0 Å². The Balaban J connectivity index is 1.77. The van der Waals surface area contributed by atoms with Crippen LogP contribution in [0.5, 0.6) is 0 Å². The van der Waals surface area contributed by atoms with Crippen molar-refractivity contribution in [2.24, 2.45) is 0 Å². The number of hydrogen-bond acceptors (Lipinski definition) is 4. The quantitative estimate of drug-likeness (QED) is 0.876. The van der Waals surface area contributed by atoms with Gasteiger partial charge in [0.05, 0.1) is 0 Å². The van der Waals surface area contributed by atoms with Crippen molar-refractivity contribution in [1.82, 2.24) is 15.6 Å². The number of thioether (sulfide) groups is 1. The normalized spacial score (nSPS) is 21.1. The summed E-state index contributed by atoms with van der Waals surface area (Å²) in [5.41, 5.74) is 1.05. The zero-order chi connectivity index (χ0) is 15.3. The van der Waals surface area contributed by atoms with Crippen LogP contribution in [0, 0.1) is 0 Å². The van der Waals surface area contributed by atoms with Crippen molar-refractivity contribution >= 4 is 23.6 Å². The molecule has 116 valence electrons. The number of nitrogens with zero attached hydrogens (tertiary/aromatic N) is 2. The summed E-state index contributed by atoms with van der Waals surface area (Å²) in [4.78, 5) is 18.1. The topological polar surface area (TPSA) is 57.3 Å². The lowest BCUT2D eigenvalue weighted by atomic mass is 10.1. The molecule has 21 heavy (non-hydrogen) atoms. The van der Waals surface area contributed by atoms with Gasteiger partial charge in [-0.15, -0.1) is 0 Å². The van der Waals surface area contributed by atoms with Gasteiger partial charge in [-0.05, 0) is 43.2 Å². The molecule has 0 spiro atoms. The molecule has 0 radical (unpaired) electrons. The van der Waals surface area contributed by atoms with E-state index in [0.29, 0.717) is 6.54 Å². The number of urea groups is 1. The van der Waals surface area contributed by atoms with Crippen molar-refractivity contribution < 1.29 is 4.79 Å².